The second kappa shape index (κ2) is 2.09. The van der Waals surface area contributed by atoms with Crippen LogP contribution in [0, 0.1) is 0 Å². The van der Waals surface area contributed by atoms with Gasteiger partial charge < -0.3 is 4.74 Å². The zero-order valence-corrected chi connectivity index (χ0v) is 5.95. The summed E-state index contributed by atoms with van der Waals surface area (Å²) in [6, 6.07) is 0. The smallest absolute Gasteiger partial charge is 0.109 e. The van der Waals surface area contributed by atoms with Gasteiger partial charge in [0.05, 0.1) is 12.8 Å². The van der Waals surface area contributed by atoms with Crippen molar-refractivity contribution in [1.29, 1.82) is 0 Å². The highest BCUT2D eigenvalue weighted by molar-refractivity contribution is 5.11. The van der Waals surface area contributed by atoms with Crippen molar-refractivity contribution in [2.75, 3.05) is 6.61 Å². The lowest BCUT2D eigenvalue weighted by molar-refractivity contribution is 0.415. The van der Waals surface area contributed by atoms with Crippen LogP contribution in [0.2, 0.25) is 0 Å². The third kappa shape index (κ3) is 0.926. The fourth-order valence-corrected chi connectivity index (χ4v) is 0.959. The summed E-state index contributed by atoms with van der Waals surface area (Å²) in [4.78, 5) is 0. The number of hydrogen-bond donors (Lipinski definition) is 0. The molecule has 3 heteroatoms. The van der Waals surface area contributed by atoms with E-state index in [0.29, 0.717) is 6.10 Å². The Morgan fingerprint density at radius 2 is 2.70 bits per heavy atom. The molecule has 2 rings (SSSR count). The molecule has 1 aromatic heterocycles. The largest absolute Gasteiger partial charge is 0.368 e. The summed E-state index contributed by atoms with van der Waals surface area (Å²) in [6.45, 7) is 3.88. The standard InChI is InChI=1S/C7H10N2O/c1-2-9-4-6(3-8-9)7-5-10-7/h3-4,7H,2,5H2,1H3. The SMILES string of the molecule is CCn1cc(C2CO2)cn1. The molecule has 1 aliphatic heterocycles. The van der Waals surface area contributed by atoms with Gasteiger partial charge in [-0.25, -0.2) is 0 Å². The van der Waals surface area contributed by atoms with Crippen molar-refractivity contribution in [3.8, 4) is 0 Å². The maximum Gasteiger partial charge on any atom is 0.109 e. The fourth-order valence-electron chi connectivity index (χ4n) is 0.959. The third-order valence-corrected chi connectivity index (χ3v) is 1.68. The van der Waals surface area contributed by atoms with Gasteiger partial charge in [0.15, 0.2) is 0 Å². The Hall–Kier alpha value is -0.830. The number of ether oxygens (including phenoxy) is 1. The van der Waals surface area contributed by atoms with Gasteiger partial charge in [-0.3, -0.25) is 4.68 Å². The lowest BCUT2D eigenvalue weighted by Crippen LogP contribution is -1.92. The van der Waals surface area contributed by atoms with Gasteiger partial charge in [0, 0.05) is 18.3 Å². The lowest BCUT2D eigenvalue weighted by Gasteiger charge is -1.89. The van der Waals surface area contributed by atoms with Gasteiger partial charge in [-0.1, -0.05) is 0 Å². The highest BCUT2D eigenvalue weighted by atomic mass is 16.6. The summed E-state index contributed by atoms with van der Waals surface area (Å²) in [6.07, 6.45) is 4.26. The first-order valence-corrected chi connectivity index (χ1v) is 3.54. The van der Waals surface area contributed by atoms with E-state index in [1.165, 1.54) is 5.56 Å². The molecular formula is C7H10N2O. The van der Waals surface area contributed by atoms with E-state index in [0.717, 1.165) is 13.2 Å². The van der Waals surface area contributed by atoms with E-state index in [4.69, 9.17) is 4.74 Å². The molecular weight excluding hydrogens is 128 g/mol. The number of aromatic nitrogens is 2. The molecule has 1 aromatic rings. The molecule has 0 aliphatic carbocycles. The van der Waals surface area contributed by atoms with Gasteiger partial charge in [-0.15, -0.1) is 0 Å². The van der Waals surface area contributed by atoms with Crippen LogP contribution in [0.4, 0.5) is 0 Å². The Morgan fingerprint density at radius 1 is 1.90 bits per heavy atom. The summed E-state index contributed by atoms with van der Waals surface area (Å²) in [5.74, 6) is 0. The summed E-state index contributed by atoms with van der Waals surface area (Å²) in [5.41, 5.74) is 1.21. The van der Waals surface area contributed by atoms with Crippen molar-refractivity contribution in [3.05, 3.63) is 18.0 Å². The number of epoxide rings is 1. The molecule has 0 saturated carbocycles. The molecule has 1 atom stereocenters. The molecule has 3 nitrogen and oxygen atoms in total. The molecule has 1 saturated heterocycles. The second-order valence-corrected chi connectivity index (χ2v) is 2.45. The van der Waals surface area contributed by atoms with Crippen LogP contribution in [-0.2, 0) is 11.3 Å². The van der Waals surface area contributed by atoms with Gasteiger partial charge in [-0.05, 0) is 6.92 Å². The Morgan fingerprint density at radius 3 is 3.20 bits per heavy atom. The predicted octanol–water partition coefficient (Wildman–Crippen LogP) is 0.974. The minimum absolute atomic E-state index is 0.347. The normalized spacial score (nSPS) is 23.1. The maximum absolute atomic E-state index is 5.10. The van der Waals surface area contributed by atoms with E-state index >= 15 is 0 Å². The molecule has 1 aliphatic rings. The first kappa shape index (κ1) is 5.92. The molecule has 0 N–H and O–H groups in total. The van der Waals surface area contributed by atoms with Gasteiger partial charge in [0.2, 0.25) is 0 Å². The molecule has 1 fully saturated rings. The van der Waals surface area contributed by atoms with Crippen LogP contribution < -0.4 is 0 Å². The average Bonchev–Trinajstić information content (AvgIpc) is 2.70. The molecule has 10 heavy (non-hydrogen) atoms. The zero-order chi connectivity index (χ0) is 6.97. The highest BCUT2D eigenvalue weighted by Crippen LogP contribution is 2.28. The summed E-state index contributed by atoms with van der Waals surface area (Å²) < 4.78 is 7.01. The Kier molecular flexibility index (Phi) is 1.24. The summed E-state index contributed by atoms with van der Waals surface area (Å²) in [5, 5.41) is 4.13. The molecule has 0 aromatic carbocycles. The van der Waals surface area contributed by atoms with E-state index in [2.05, 4.69) is 12.0 Å². The molecule has 0 spiro atoms. The zero-order valence-electron chi connectivity index (χ0n) is 5.95. The van der Waals surface area contributed by atoms with Crippen LogP contribution in [0.1, 0.15) is 18.6 Å². The quantitative estimate of drug-likeness (QED) is 0.570. The fraction of sp³-hybridized carbons (Fsp3) is 0.571. The van der Waals surface area contributed by atoms with E-state index in [1.54, 1.807) is 0 Å². The molecule has 1 unspecified atom stereocenters. The predicted molar refractivity (Wildman–Crippen MR) is 36.6 cm³/mol. The molecule has 2 heterocycles. The van der Waals surface area contributed by atoms with Gasteiger partial charge in [-0.2, -0.15) is 5.10 Å². The number of aryl methyl sites for hydroxylation is 1. The van der Waals surface area contributed by atoms with Crippen molar-refractivity contribution in [2.45, 2.75) is 19.6 Å². The molecule has 54 valence electrons. The number of nitrogens with zero attached hydrogens (tertiary/aromatic N) is 2. The van der Waals surface area contributed by atoms with E-state index in [-0.39, 0.29) is 0 Å². The van der Waals surface area contributed by atoms with Crippen LogP contribution in [0.3, 0.4) is 0 Å². The Labute approximate surface area is 59.6 Å². The monoisotopic (exact) mass is 138 g/mol. The minimum Gasteiger partial charge on any atom is -0.368 e. The van der Waals surface area contributed by atoms with Gasteiger partial charge >= 0.3 is 0 Å². The molecule has 0 bridgehead atoms. The van der Waals surface area contributed by atoms with Crippen molar-refractivity contribution in [3.63, 3.8) is 0 Å². The number of hydrogen-bond acceptors (Lipinski definition) is 2. The third-order valence-electron chi connectivity index (χ3n) is 1.68. The van der Waals surface area contributed by atoms with Crippen LogP contribution in [0.15, 0.2) is 12.4 Å². The van der Waals surface area contributed by atoms with Crippen molar-refractivity contribution in [1.82, 2.24) is 9.78 Å². The summed E-state index contributed by atoms with van der Waals surface area (Å²) in [7, 11) is 0. The van der Waals surface area contributed by atoms with Gasteiger partial charge in [0.25, 0.3) is 0 Å². The first-order valence-electron chi connectivity index (χ1n) is 3.54. The van der Waals surface area contributed by atoms with E-state index in [9.17, 15) is 0 Å². The van der Waals surface area contributed by atoms with Crippen molar-refractivity contribution >= 4 is 0 Å². The van der Waals surface area contributed by atoms with E-state index < -0.39 is 0 Å². The Bertz CT molecular complexity index is 227. The summed E-state index contributed by atoms with van der Waals surface area (Å²) >= 11 is 0. The molecule has 0 amide bonds. The average molecular weight is 138 g/mol. The minimum atomic E-state index is 0.347. The van der Waals surface area contributed by atoms with Crippen LogP contribution in [-0.4, -0.2) is 16.4 Å². The maximum atomic E-state index is 5.10. The first-order chi connectivity index (χ1) is 4.90. The Balaban J connectivity index is 2.19. The van der Waals surface area contributed by atoms with Crippen LogP contribution in [0.25, 0.3) is 0 Å². The molecule has 0 radical (unpaired) electrons. The number of rotatable bonds is 2. The highest BCUT2D eigenvalue weighted by Gasteiger charge is 2.25. The lowest BCUT2D eigenvalue weighted by atomic mass is 10.3. The second-order valence-electron chi connectivity index (χ2n) is 2.45. The van der Waals surface area contributed by atoms with Gasteiger partial charge in [0.1, 0.15) is 6.10 Å². The van der Waals surface area contributed by atoms with Crippen molar-refractivity contribution < 1.29 is 4.74 Å². The van der Waals surface area contributed by atoms with Crippen LogP contribution in [0.5, 0.6) is 0 Å². The topological polar surface area (TPSA) is 30.4 Å². The van der Waals surface area contributed by atoms with E-state index in [1.807, 2.05) is 17.1 Å². The van der Waals surface area contributed by atoms with Crippen LogP contribution >= 0.6 is 0 Å². The van der Waals surface area contributed by atoms with Crippen molar-refractivity contribution in [2.24, 2.45) is 0 Å².